The second-order valence-electron chi connectivity index (χ2n) is 2.09. The van der Waals surface area contributed by atoms with E-state index in [0.29, 0.717) is 6.04 Å². The molecule has 3 heteroatoms. The first-order chi connectivity index (χ1) is 3.72. The normalized spacial score (nSPS) is 29.5. The van der Waals surface area contributed by atoms with Gasteiger partial charge in [-0.05, 0) is 13.3 Å². The lowest BCUT2D eigenvalue weighted by Gasteiger charge is -2.09. The van der Waals surface area contributed by atoms with E-state index in [2.05, 4.69) is 29.8 Å². The third-order valence-electron chi connectivity index (χ3n) is 1.40. The van der Waals surface area contributed by atoms with E-state index in [1.54, 1.807) is 3.11 Å². The quantitative estimate of drug-likeness (QED) is 0.450. The molecule has 0 aromatic carbocycles. The summed E-state index contributed by atoms with van der Waals surface area (Å²) < 4.78 is 1.78. The molecular weight excluding hydrogens is 217 g/mol. The van der Waals surface area contributed by atoms with Crippen molar-refractivity contribution in [2.75, 3.05) is 0 Å². The molecule has 2 nitrogen and oxygen atoms in total. The molecule has 0 saturated carbocycles. The van der Waals surface area contributed by atoms with Gasteiger partial charge >= 0.3 is 0 Å². The maximum Gasteiger partial charge on any atom is 0.231 e. The molecule has 0 radical (unpaired) electrons. The molecule has 0 N–H and O–H groups in total. The predicted octanol–water partition coefficient (Wildman–Crippen LogP) is 1.35. The van der Waals surface area contributed by atoms with Crippen molar-refractivity contribution in [2.24, 2.45) is 0 Å². The smallest absolute Gasteiger partial charge is 0.231 e. The van der Waals surface area contributed by atoms with Gasteiger partial charge in [0.15, 0.2) is 0 Å². The maximum absolute atomic E-state index is 10.7. The van der Waals surface area contributed by atoms with Crippen molar-refractivity contribution in [1.82, 2.24) is 3.11 Å². The molecule has 1 rings (SSSR count). The molecule has 0 aromatic heterocycles. The van der Waals surface area contributed by atoms with Crippen LogP contribution in [0.25, 0.3) is 0 Å². The van der Waals surface area contributed by atoms with E-state index in [1.807, 2.05) is 0 Å². The van der Waals surface area contributed by atoms with Crippen LogP contribution in [0.1, 0.15) is 19.8 Å². The third-order valence-corrected chi connectivity index (χ3v) is 2.89. The minimum atomic E-state index is 0.276. The Hall–Kier alpha value is 0.200. The molecule has 1 heterocycles. The Kier molecular flexibility index (Phi) is 1.74. The molecule has 0 spiro atoms. The van der Waals surface area contributed by atoms with Crippen LogP contribution in [0, 0.1) is 0 Å². The van der Waals surface area contributed by atoms with Crippen LogP contribution in [0.15, 0.2) is 0 Å². The highest BCUT2D eigenvalue weighted by molar-refractivity contribution is 14.1. The van der Waals surface area contributed by atoms with Crippen molar-refractivity contribution in [2.45, 2.75) is 25.8 Å². The van der Waals surface area contributed by atoms with Gasteiger partial charge < -0.3 is 0 Å². The molecule has 0 aliphatic carbocycles. The highest BCUT2D eigenvalue weighted by atomic mass is 127. The van der Waals surface area contributed by atoms with Crippen molar-refractivity contribution in [3.05, 3.63) is 0 Å². The summed E-state index contributed by atoms with van der Waals surface area (Å²) in [7, 11) is 0. The van der Waals surface area contributed by atoms with E-state index in [1.165, 1.54) is 0 Å². The first-order valence-corrected chi connectivity index (χ1v) is 3.66. The van der Waals surface area contributed by atoms with Gasteiger partial charge in [-0.25, -0.2) is 0 Å². The van der Waals surface area contributed by atoms with Gasteiger partial charge in [0.05, 0.1) is 22.9 Å². The van der Waals surface area contributed by atoms with Crippen LogP contribution in [-0.4, -0.2) is 15.1 Å². The standard InChI is InChI=1S/C5H8INO/c1-4-2-3-5(8)7(4)6/h4H,2-3H2,1H3. The van der Waals surface area contributed by atoms with Gasteiger partial charge in [0.1, 0.15) is 0 Å². The fourth-order valence-electron chi connectivity index (χ4n) is 0.798. The van der Waals surface area contributed by atoms with E-state index in [-0.39, 0.29) is 5.91 Å². The number of nitrogens with zero attached hydrogens (tertiary/aromatic N) is 1. The van der Waals surface area contributed by atoms with E-state index in [0.717, 1.165) is 12.8 Å². The summed E-state index contributed by atoms with van der Waals surface area (Å²) in [5, 5.41) is 0. The summed E-state index contributed by atoms with van der Waals surface area (Å²) >= 11 is 2.07. The second-order valence-corrected chi connectivity index (χ2v) is 3.13. The first kappa shape index (κ1) is 6.32. The molecule has 1 aliphatic rings. The summed E-state index contributed by atoms with van der Waals surface area (Å²) in [4.78, 5) is 10.7. The maximum atomic E-state index is 10.7. The fraction of sp³-hybridized carbons (Fsp3) is 0.800. The van der Waals surface area contributed by atoms with Gasteiger partial charge in [0, 0.05) is 12.5 Å². The van der Waals surface area contributed by atoms with Crippen LogP contribution in [0.3, 0.4) is 0 Å². The minimum absolute atomic E-state index is 0.276. The zero-order chi connectivity index (χ0) is 6.15. The number of carbonyl (C=O) groups is 1. The molecular formula is C5H8INO. The Labute approximate surface area is 62.7 Å². The van der Waals surface area contributed by atoms with E-state index < -0.39 is 0 Å². The van der Waals surface area contributed by atoms with E-state index in [4.69, 9.17) is 0 Å². The monoisotopic (exact) mass is 225 g/mol. The molecule has 1 saturated heterocycles. The molecule has 0 aromatic rings. The molecule has 1 fully saturated rings. The van der Waals surface area contributed by atoms with Crippen LogP contribution in [0.4, 0.5) is 0 Å². The topological polar surface area (TPSA) is 20.3 Å². The Balaban J connectivity index is 2.56. The number of hydrogen-bond acceptors (Lipinski definition) is 1. The highest BCUT2D eigenvalue weighted by Crippen LogP contribution is 2.21. The summed E-state index contributed by atoms with van der Waals surface area (Å²) in [5.41, 5.74) is 0. The van der Waals surface area contributed by atoms with Gasteiger partial charge in [-0.1, -0.05) is 0 Å². The Morgan fingerprint density at radius 3 is 2.62 bits per heavy atom. The van der Waals surface area contributed by atoms with Gasteiger partial charge in [-0.3, -0.25) is 7.91 Å². The van der Waals surface area contributed by atoms with Gasteiger partial charge in [-0.2, -0.15) is 0 Å². The number of hydrogen-bond donors (Lipinski definition) is 0. The number of halogens is 1. The zero-order valence-electron chi connectivity index (χ0n) is 4.72. The van der Waals surface area contributed by atoms with E-state index >= 15 is 0 Å². The zero-order valence-corrected chi connectivity index (χ0v) is 6.88. The predicted molar refractivity (Wildman–Crippen MR) is 39.6 cm³/mol. The Morgan fingerprint density at radius 2 is 2.50 bits per heavy atom. The SMILES string of the molecule is CC1CCC(=O)N1I. The lowest BCUT2D eigenvalue weighted by molar-refractivity contribution is -0.123. The van der Waals surface area contributed by atoms with Crippen molar-refractivity contribution >= 4 is 28.8 Å². The summed E-state index contributed by atoms with van der Waals surface area (Å²) in [6.45, 7) is 2.07. The first-order valence-electron chi connectivity index (χ1n) is 2.69. The highest BCUT2D eigenvalue weighted by Gasteiger charge is 2.24. The Morgan fingerprint density at radius 1 is 1.88 bits per heavy atom. The number of carbonyl (C=O) groups excluding carboxylic acids is 1. The molecule has 8 heavy (non-hydrogen) atoms. The summed E-state index contributed by atoms with van der Waals surface area (Å²) in [6, 6.07) is 0.461. The van der Waals surface area contributed by atoms with Crippen molar-refractivity contribution in [3.63, 3.8) is 0 Å². The molecule has 1 atom stereocenters. The van der Waals surface area contributed by atoms with Gasteiger partial charge in [0.25, 0.3) is 0 Å². The average molecular weight is 225 g/mol. The van der Waals surface area contributed by atoms with E-state index in [9.17, 15) is 4.79 Å². The fourth-order valence-corrected chi connectivity index (χ4v) is 1.32. The van der Waals surface area contributed by atoms with Crippen molar-refractivity contribution in [3.8, 4) is 0 Å². The van der Waals surface area contributed by atoms with Crippen LogP contribution in [-0.2, 0) is 4.79 Å². The van der Waals surface area contributed by atoms with Gasteiger partial charge in [-0.15, -0.1) is 0 Å². The molecule has 1 amide bonds. The molecule has 1 unspecified atom stereocenters. The lowest BCUT2D eigenvalue weighted by Crippen LogP contribution is -2.18. The molecule has 0 bridgehead atoms. The number of amides is 1. The summed E-state index contributed by atoms with van der Waals surface area (Å²) in [5.74, 6) is 0.276. The lowest BCUT2D eigenvalue weighted by atomic mass is 10.3. The van der Waals surface area contributed by atoms with Crippen LogP contribution >= 0.6 is 22.9 Å². The Bertz CT molecular complexity index is 115. The van der Waals surface area contributed by atoms with Crippen molar-refractivity contribution < 1.29 is 4.79 Å². The largest absolute Gasteiger partial charge is 0.282 e. The van der Waals surface area contributed by atoms with Crippen LogP contribution < -0.4 is 0 Å². The van der Waals surface area contributed by atoms with Crippen LogP contribution in [0.2, 0.25) is 0 Å². The third kappa shape index (κ3) is 0.962. The van der Waals surface area contributed by atoms with Crippen molar-refractivity contribution in [1.29, 1.82) is 0 Å². The summed E-state index contributed by atoms with van der Waals surface area (Å²) in [6.07, 6.45) is 1.77. The van der Waals surface area contributed by atoms with Gasteiger partial charge in [0.2, 0.25) is 5.91 Å². The molecule has 46 valence electrons. The number of rotatable bonds is 0. The minimum Gasteiger partial charge on any atom is -0.282 e. The van der Waals surface area contributed by atoms with Crippen LogP contribution in [0.5, 0.6) is 0 Å². The average Bonchev–Trinajstić information content (AvgIpc) is 1.98. The molecule has 1 aliphatic heterocycles. The second kappa shape index (κ2) is 2.21.